The van der Waals surface area contributed by atoms with Crippen LogP contribution < -0.4 is 15.4 Å². The third kappa shape index (κ3) is 8.45. The van der Waals surface area contributed by atoms with E-state index in [0.717, 1.165) is 17.7 Å². The molecule has 0 bridgehead atoms. The number of nitrogens with zero attached hydrogens (tertiary/aromatic N) is 3. The van der Waals surface area contributed by atoms with Crippen LogP contribution >= 0.6 is 11.6 Å². The minimum absolute atomic E-state index is 0.0984. The fourth-order valence-corrected chi connectivity index (χ4v) is 4.23. The summed E-state index contributed by atoms with van der Waals surface area (Å²) in [7, 11) is 0. The normalized spacial score (nSPS) is 12.6. The zero-order chi connectivity index (χ0) is 29.8. The van der Waals surface area contributed by atoms with Crippen LogP contribution in [0.3, 0.4) is 0 Å². The fraction of sp³-hybridized carbons (Fsp3) is 0.276. The number of rotatable bonds is 10. The van der Waals surface area contributed by atoms with Crippen molar-refractivity contribution in [3.8, 4) is 5.75 Å². The van der Waals surface area contributed by atoms with E-state index in [1.54, 1.807) is 67.5 Å². The molecular weight excluding hydrogens is 559 g/mol. The second kappa shape index (κ2) is 12.2. The maximum absolute atomic E-state index is 13.1. The minimum atomic E-state index is -4.59. The molecule has 0 fully saturated rings. The van der Waals surface area contributed by atoms with E-state index in [0.29, 0.717) is 29.4 Å². The molecule has 0 spiro atoms. The molecule has 2 aromatic carbocycles. The highest BCUT2D eigenvalue weighted by Crippen LogP contribution is 2.35. The van der Waals surface area contributed by atoms with Crippen LogP contribution in [0.1, 0.15) is 53.9 Å². The van der Waals surface area contributed by atoms with Crippen LogP contribution in [-0.2, 0) is 19.3 Å². The van der Waals surface area contributed by atoms with Crippen LogP contribution in [0.4, 0.5) is 24.7 Å². The molecule has 1 amide bonds. The molecule has 0 radical (unpaired) electrons. The Morgan fingerprint density at radius 2 is 1.93 bits per heavy atom. The maximum atomic E-state index is 13.1. The highest BCUT2D eigenvalue weighted by molar-refractivity contribution is 6.31. The lowest BCUT2D eigenvalue weighted by Gasteiger charge is -2.17. The molecule has 3 N–H and O–H groups in total. The number of hydrogen-bond acceptors (Lipinski definition) is 6. The Kier molecular flexibility index (Phi) is 8.89. The first-order chi connectivity index (χ1) is 19.3. The van der Waals surface area contributed by atoms with Gasteiger partial charge in [0.1, 0.15) is 17.7 Å². The number of nitrogens with one attached hydrogen (secondary N) is 2. The summed E-state index contributed by atoms with van der Waals surface area (Å²) in [6.07, 6.45) is -0.0419. The van der Waals surface area contributed by atoms with Crippen molar-refractivity contribution in [3.05, 3.63) is 100 Å². The number of aromatic nitrogens is 3. The van der Waals surface area contributed by atoms with Gasteiger partial charge in [-0.25, -0.2) is 4.98 Å². The van der Waals surface area contributed by atoms with E-state index in [1.807, 2.05) is 13.0 Å². The van der Waals surface area contributed by atoms with Crippen molar-refractivity contribution in [1.29, 1.82) is 0 Å². The molecule has 12 heteroatoms. The average Bonchev–Trinajstić information content (AvgIpc) is 3.32. The number of alkyl halides is 3. The molecule has 41 heavy (non-hydrogen) atoms. The SMILES string of the molecule is CC(Oc1ccnc(Nc2cnn(CC(C)(C)O)c2)c1)c1cccc(C(=O)NCc2ccc(Cl)c(C(F)(F)F)c2)c1. The van der Waals surface area contributed by atoms with Crippen molar-refractivity contribution in [2.24, 2.45) is 0 Å². The number of carbonyl (C=O) groups is 1. The summed E-state index contributed by atoms with van der Waals surface area (Å²) in [6.45, 7) is 5.46. The van der Waals surface area contributed by atoms with Crippen molar-refractivity contribution in [2.75, 3.05) is 5.32 Å². The number of anilines is 2. The number of ether oxygens (including phenoxy) is 1. The van der Waals surface area contributed by atoms with Crippen LogP contribution in [0.5, 0.6) is 5.75 Å². The molecule has 1 unspecified atom stereocenters. The molecule has 1 atom stereocenters. The zero-order valence-electron chi connectivity index (χ0n) is 22.5. The molecule has 4 aromatic rings. The first-order valence-corrected chi connectivity index (χ1v) is 13.0. The fourth-order valence-electron chi connectivity index (χ4n) is 4.00. The van der Waals surface area contributed by atoms with Crippen molar-refractivity contribution in [2.45, 2.75) is 51.7 Å². The largest absolute Gasteiger partial charge is 0.486 e. The van der Waals surface area contributed by atoms with Gasteiger partial charge in [0.2, 0.25) is 0 Å². The zero-order valence-corrected chi connectivity index (χ0v) is 23.3. The van der Waals surface area contributed by atoms with Gasteiger partial charge in [0.05, 0.1) is 34.6 Å². The number of halogens is 4. The van der Waals surface area contributed by atoms with Gasteiger partial charge in [0.15, 0.2) is 0 Å². The number of benzene rings is 2. The third-order valence-corrected chi connectivity index (χ3v) is 6.24. The molecule has 8 nitrogen and oxygen atoms in total. The number of hydrogen-bond donors (Lipinski definition) is 3. The summed E-state index contributed by atoms with van der Waals surface area (Å²) in [5, 5.41) is 19.6. The summed E-state index contributed by atoms with van der Waals surface area (Å²) in [4.78, 5) is 17.1. The van der Waals surface area contributed by atoms with Gasteiger partial charge >= 0.3 is 6.18 Å². The van der Waals surface area contributed by atoms with Crippen molar-refractivity contribution >= 4 is 29.0 Å². The average molecular weight is 588 g/mol. The molecule has 4 rings (SSSR count). The Morgan fingerprint density at radius 1 is 1.15 bits per heavy atom. The lowest BCUT2D eigenvalue weighted by Crippen LogP contribution is -2.26. The number of aliphatic hydroxyl groups is 1. The third-order valence-electron chi connectivity index (χ3n) is 5.91. The summed E-state index contributed by atoms with van der Waals surface area (Å²) < 4.78 is 47.1. The topological polar surface area (TPSA) is 101 Å². The van der Waals surface area contributed by atoms with Gasteiger partial charge in [-0.3, -0.25) is 9.48 Å². The lowest BCUT2D eigenvalue weighted by atomic mass is 10.1. The molecule has 0 saturated carbocycles. The Hall–Kier alpha value is -4.09. The number of carbonyl (C=O) groups excluding carboxylic acids is 1. The smallest absolute Gasteiger partial charge is 0.417 e. The molecule has 0 aliphatic heterocycles. The highest BCUT2D eigenvalue weighted by atomic mass is 35.5. The van der Waals surface area contributed by atoms with Crippen molar-refractivity contribution in [3.63, 3.8) is 0 Å². The van der Waals surface area contributed by atoms with E-state index in [1.165, 1.54) is 6.07 Å². The van der Waals surface area contributed by atoms with Crippen LogP contribution in [0.2, 0.25) is 5.02 Å². The molecule has 0 saturated heterocycles. The Bertz CT molecular complexity index is 1520. The van der Waals surface area contributed by atoms with Crippen LogP contribution in [-0.4, -0.2) is 31.4 Å². The Labute approximate surface area is 240 Å². The summed E-state index contributed by atoms with van der Waals surface area (Å²) in [6, 6.07) is 13.8. The van der Waals surface area contributed by atoms with Crippen LogP contribution in [0.15, 0.2) is 73.2 Å². The number of amides is 1. The predicted octanol–water partition coefficient (Wildman–Crippen LogP) is 6.53. The minimum Gasteiger partial charge on any atom is -0.486 e. The van der Waals surface area contributed by atoms with Gasteiger partial charge in [-0.05, 0) is 62.2 Å². The van der Waals surface area contributed by atoms with E-state index in [9.17, 15) is 23.1 Å². The van der Waals surface area contributed by atoms with E-state index < -0.39 is 34.4 Å². The number of pyridine rings is 1. The van der Waals surface area contributed by atoms with Gasteiger partial charge in [-0.2, -0.15) is 18.3 Å². The van der Waals surface area contributed by atoms with Crippen LogP contribution in [0.25, 0.3) is 0 Å². The Morgan fingerprint density at radius 3 is 2.66 bits per heavy atom. The van der Waals surface area contributed by atoms with Crippen molar-refractivity contribution < 1.29 is 27.8 Å². The van der Waals surface area contributed by atoms with E-state index in [2.05, 4.69) is 20.7 Å². The predicted molar refractivity (Wildman–Crippen MR) is 149 cm³/mol. The highest BCUT2D eigenvalue weighted by Gasteiger charge is 2.33. The first-order valence-electron chi connectivity index (χ1n) is 12.7. The second-order valence-electron chi connectivity index (χ2n) is 10.1. The van der Waals surface area contributed by atoms with Gasteiger partial charge in [-0.15, -0.1) is 0 Å². The maximum Gasteiger partial charge on any atom is 0.417 e. The second-order valence-corrected chi connectivity index (χ2v) is 10.5. The van der Waals surface area contributed by atoms with Gasteiger partial charge in [-0.1, -0.05) is 29.8 Å². The van der Waals surface area contributed by atoms with Crippen molar-refractivity contribution in [1.82, 2.24) is 20.1 Å². The molecule has 2 heterocycles. The molecule has 0 aliphatic carbocycles. The first kappa shape index (κ1) is 29.9. The summed E-state index contributed by atoms with van der Waals surface area (Å²) in [5.74, 6) is 0.626. The summed E-state index contributed by atoms with van der Waals surface area (Å²) in [5.41, 5.74) is 0.175. The van der Waals surface area contributed by atoms with E-state index in [4.69, 9.17) is 16.3 Å². The van der Waals surface area contributed by atoms with Gasteiger partial charge in [0.25, 0.3) is 5.91 Å². The summed E-state index contributed by atoms with van der Waals surface area (Å²) >= 11 is 5.67. The Balaban J connectivity index is 1.38. The molecule has 216 valence electrons. The van der Waals surface area contributed by atoms with Gasteiger partial charge in [0, 0.05) is 30.6 Å². The van der Waals surface area contributed by atoms with E-state index in [-0.39, 0.29) is 12.1 Å². The van der Waals surface area contributed by atoms with E-state index >= 15 is 0 Å². The molecule has 2 aromatic heterocycles. The molecular formula is C29H29ClF3N5O3. The molecule has 0 aliphatic rings. The van der Waals surface area contributed by atoms with Crippen LogP contribution in [0, 0.1) is 0 Å². The quantitative estimate of drug-likeness (QED) is 0.195. The lowest BCUT2D eigenvalue weighted by molar-refractivity contribution is -0.137. The standard InChI is InChI=1S/C29H29ClF3N5O3/c1-18(41-23-9-10-34-26(13-23)37-22-15-36-38(16-22)17-28(2,3)40)20-5-4-6-21(12-20)27(39)35-14-19-7-8-25(30)24(11-19)29(31,32)33/h4-13,15-16,18,40H,14,17H2,1-3H3,(H,34,37)(H,35,39). The monoisotopic (exact) mass is 587 g/mol. The van der Waals surface area contributed by atoms with Gasteiger partial charge < -0.3 is 20.5 Å².